The van der Waals surface area contributed by atoms with Crippen molar-refractivity contribution in [1.29, 1.82) is 0 Å². The van der Waals surface area contributed by atoms with Gasteiger partial charge in [-0.1, -0.05) is 67.6 Å². The van der Waals surface area contributed by atoms with Crippen LogP contribution >= 0.6 is 0 Å². The lowest BCUT2D eigenvalue weighted by atomic mass is 9.92. The van der Waals surface area contributed by atoms with Crippen LogP contribution in [-0.4, -0.2) is 78.7 Å². The number of benzene rings is 2. The molecular weight excluding hydrogens is 578 g/mol. The molecule has 0 radical (unpaired) electrons. The molecular formula is C31H44F2N2O7Si. The van der Waals surface area contributed by atoms with Gasteiger partial charge in [0.1, 0.15) is 11.6 Å². The molecule has 0 saturated carbocycles. The highest BCUT2D eigenvalue weighted by molar-refractivity contribution is 6.97. The number of halogens is 2. The fraction of sp³-hybridized carbons (Fsp3) is 0.516. The van der Waals surface area contributed by atoms with Gasteiger partial charge in [0.2, 0.25) is 12.3 Å². The number of hydrogen-bond acceptors (Lipinski definition) is 7. The van der Waals surface area contributed by atoms with E-state index in [2.05, 4.69) is 5.73 Å². The van der Waals surface area contributed by atoms with Crippen LogP contribution in [0, 0.1) is 0 Å². The number of aliphatic hydroxyl groups is 1. The van der Waals surface area contributed by atoms with E-state index in [1.54, 1.807) is 6.92 Å². The molecule has 0 bridgehead atoms. The van der Waals surface area contributed by atoms with E-state index in [0.29, 0.717) is 12.5 Å². The van der Waals surface area contributed by atoms with Crippen molar-refractivity contribution in [2.75, 3.05) is 13.3 Å². The number of hydrogen-bond donors (Lipinski definition) is 3. The third-order valence-electron chi connectivity index (χ3n) is 7.52. The van der Waals surface area contributed by atoms with Gasteiger partial charge in [-0.3, -0.25) is 14.5 Å². The molecule has 1 heterocycles. The van der Waals surface area contributed by atoms with Crippen molar-refractivity contribution < 1.29 is 42.5 Å². The maximum Gasteiger partial charge on any atom is 0.329 e. The Bertz CT molecular complexity index is 1120. The van der Waals surface area contributed by atoms with Gasteiger partial charge in [-0.05, 0) is 55.4 Å². The molecule has 3 rings (SSSR count). The molecule has 1 fully saturated rings. The number of aliphatic carboxylic acids is 1. The molecule has 9 nitrogen and oxygen atoms in total. The molecule has 43 heavy (non-hydrogen) atoms. The van der Waals surface area contributed by atoms with E-state index < -0.39 is 51.0 Å². The van der Waals surface area contributed by atoms with Gasteiger partial charge < -0.3 is 25.1 Å². The molecule has 2 aromatic carbocycles. The quantitative estimate of drug-likeness (QED) is 0.203. The zero-order valence-electron chi connectivity index (χ0n) is 25.1. The normalized spacial score (nSPS) is 20.0. The summed E-state index contributed by atoms with van der Waals surface area (Å²) in [5, 5.41) is 21.7. The average Bonchev–Trinajstić information content (AvgIpc) is 3.34. The van der Waals surface area contributed by atoms with Crippen LogP contribution in [0.15, 0.2) is 60.7 Å². The van der Waals surface area contributed by atoms with E-state index in [1.807, 2.05) is 60.7 Å². The standard InChI is InChI=1S/C29H39F2NO6Si.C2H5NO/c1-3-10-26(31)38-28(36)29(18-19-33)17-15-25(27(34)35)32(29)21-37-39(20-16-22(2)30,23-11-6-4-7-12-23)24-13-8-5-9-14-24;1-2(3)4/h4-9,11-14,22,25-26,33H,3,10,15-21H2,1-2H3,(H,34,35);1H3,(H2,3,4)/t22?,25-,26?,29-;/m1./s1. The van der Waals surface area contributed by atoms with Crippen molar-refractivity contribution in [2.45, 2.75) is 89.5 Å². The van der Waals surface area contributed by atoms with Gasteiger partial charge in [-0.15, -0.1) is 0 Å². The number of esters is 1. The Balaban J connectivity index is 0.00000151. The molecule has 0 spiro atoms. The van der Waals surface area contributed by atoms with Gasteiger partial charge in [0.15, 0.2) is 0 Å². The highest BCUT2D eigenvalue weighted by atomic mass is 28.4. The van der Waals surface area contributed by atoms with Gasteiger partial charge >= 0.3 is 11.9 Å². The molecule has 1 aliphatic heterocycles. The summed E-state index contributed by atoms with van der Waals surface area (Å²) in [7, 11) is -3.17. The first-order chi connectivity index (χ1) is 20.4. The summed E-state index contributed by atoms with van der Waals surface area (Å²) >= 11 is 0. The third kappa shape index (κ3) is 9.65. The summed E-state index contributed by atoms with van der Waals surface area (Å²) in [6, 6.07) is 18.2. The number of alkyl halides is 2. The largest absolute Gasteiger partial charge is 0.480 e. The second kappa shape index (κ2) is 17.2. The zero-order chi connectivity index (χ0) is 32.0. The fourth-order valence-corrected chi connectivity index (χ4v) is 9.43. The number of amides is 1. The number of primary amides is 1. The summed E-state index contributed by atoms with van der Waals surface area (Å²) in [5.41, 5.74) is 2.90. The van der Waals surface area contributed by atoms with Crippen molar-refractivity contribution in [2.24, 2.45) is 5.73 Å². The minimum Gasteiger partial charge on any atom is -0.480 e. The second-order valence-corrected chi connectivity index (χ2v) is 14.3. The van der Waals surface area contributed by atoms with Crippen molar-refractivity contribution in [3.8, 4) is 0 Å². The predicted octanol–water partition coefficient (Wildman–Crippen LogP) is 3.27. The molecule has 4 atom stereocenters. The molecule has 2 unspecified atom stereocenters. The van der Waals surface area contributed by atoms with E-state index in [1.165, 1.54) is 18.7 Å². The molecule has 0 aliphatic carbocycles. The Hall–Kier alpha value is -3.19. The van der Waals surface area contributed by atoms with Crippen LogP contribution in [-0.2, 0) is 23.5 Å². The summed E-state index contributed by atoms with van der Waals surface area (Å²) in [5.74, 6) is -2.39. The van der Waals surface area contributed by atoms with E-state index in [4.69, 9.17) is 9.16 Å². The Labute approximate surface area is 253 Å². The Morgan fingerprint density at radius 1 is 1.07 bits per heavy atom. The van der Waals surface area contributed by atoms with Gasteiger partial charge in [0, 0.05) is 20.0 Å². The summed E-state index contributed by atoms with van der Waals surface area (Å²) < 4.78 is 40.5. The van der Waals surface area contributed by atoms with Crippen LogP contribution in [0.4, 0.5) is 8.78 Å². The molecule has 1 aliphatic rings. The van der Waals surface area contributed by atoms with Crippen LogP contribution in [0.25, 0.3) is 0 Å². The van der Waals surface area contributed by atoms with Crippen molar-refractivity contribution >= 4 is 36.5 Å². The number of carbonyl (C=O) groups excluding carboxylic acids is 2. The number of nitrogens with two attached hydrogens (primary N) is 1. The minimum atomic E-state index is -3.17. The lowest BCUT2D eigenvalue weighted by molar-refractivity contribution is -0.177. The zero-order valence-corrected chi connectivity index (χ0v) is 26.1. The summed E-state index contributed by atoms with van der Waals surface area (Å²) in [6.45, 7) is 3.84. The number of aliphatic hydroxyl groups excluding tert-OH is 1. The maximum atomic E-state index is 14.4. The second-order valence-electron chi connectivity index (χ2n) is 10.7. The number of nitrogens with zero attached hydrogens (tertiary/aromatic N) is 1. The van der Waals surface area contributed by atoms with E-state index in [0.717, 1.165) is 10.4 Å². The van der Waals surface area contributed by atoms with E-state index in [-0.39, 0.29) is 44.7 Å². The van der Waals surface area contributed by atoms with Gasteiger partial charge in [-0.2, -0.15) is 0 Å². The number of carboxylic acid groups (broad SMARTS) is 1. The van der Waals surface area contributed by atoms with E-state index in [9.17, 15) is 33.4 Å². The average molecular weight is 623 g/mol. The molecule has 12 heteroatoms. The smallest absolute Gasteiger partial charge is 0.329 e. The van der Waals surface area contributed by atoms with Crippen LogP contribution in [0.2, 0.25) is 6.04 Å². The molecule has 1 saturated heterocycles. The first-order valence-electron chi connectivity index (χ1n) is 14.5. The molecule has 1 amide bonds. The Morgan fingerprint density at radius 2 is 1.60 bits per heavy atom. The number of carboxylic acids is 1. The number of ether oxygens (including phenoxy) is 1. The first kappa shape index (κ1) is 36.0. The fourth-order valence-electron chi connectivity index (χ4n) is 5.42. The Morgan fingerprint density at radius 3 is 2.05 bits per heavy atom. The summed E-state index contributed by atoms with van der Waals surface area (Å²) in [4.78, 5) is 36.3. The van der Waals surface area contributed by atoms with Gasteiger partial charge in [0.25, 0.3) is 8.32 Å². The van der Waals surface area contributed by atoms with Crippen LogP contribution in [0.1, 0.15) is 59.3 Å². The van der Waals surface area contributed by atoms with E-state index >= 15 is 0 Å². The molecule has 4 N–H and O–H groups in total. The van der Waals surface area contributed by atoms with Gasteiger partial charge in [0.05, 0.1) is 12.9 Å². The lowest BCUT2D eigenvalue weighted by Crippen LogP contribution is -2.64. The highest BCUT2D eigenvalue weighted by Crippen LogP contribution is 2.39. The number of carbonyl (C=O) groups is 3. The topological polar surface area (TPSA) is 139 Å². The summed E-state index contributed by atoms with van der Waals surface area (Å²) in [6.07, 6.45) is -2.19. The third-order valence-corrected chi connectivity index (χ3v) is 11.7. The maximum absolute atomic E-state index is 14.4. The van der Waals surface area contributed by atoms with Crippen molar-refractivity contribution in [3.05, 3.63) is 60.7 Å². The van der Waals surface area contributed by atoms with Crippen LogP contribution < -0.4 is 16.1 Å². The predicted molar refractivity (Wildman–Crippen MR) is 162 cm³/mol. The molecule has 0 aromatic heterocycles. The minimum absolute atomic E-state index is 0.0132. The molecule has 238 valence electrons. The monoisotopic (exact) mass is 622 g/mol. The number of rotatable bonds is 15. The highest BCUT2D eigenvalue weighted by Gasteiger charge is 2.56. The van der Waals surface area contributed by atoms with Crippen molar-refractivity contribution in [1.82, 2.24) is 4.90 Å². The van der Waals surface area contributed by atoms with Crippen LogP contribution in [0.5, 0.6) is 0 Å². The number of likely N-dealkylation sites (tertiary alicyclic amines) is 1. The van der Waals surface area contributed by atoms with Gasteiger partial charge in [-0.25, -0.2) is 13.6 Å². The van der Waals surface area contributed by atoms with Crippen molar-refractivity contribution in [3.63, 3.8) is 0 Å². The van der Waals surface area contributed by atoms with Crippen LogP contribution in [0.3, 0.4) is 0 Å². The lowest BCUT2D eigenvalue weighted by Gasteiger charge is -2.41. The molecule has 2 aromatic rings. The first-order valence-corrected chi connectivity index (χ1v) is 16.7. The SMILES string of the molecule is CC(N)=O.CCCC(F)OC(=O)[C@]1(CCO)CC[C@H](C(=O)O)N1CO[Si](CCC(C)F)(c1ccccc1)c1ccccc1. The Kier molecular flexibility index (Phi) is 14.4.